The maximum Gasteiger partial charge on any atom is 0.143 e. The standard InChI is InChI=1S/C22H21N3O2/c1-14-10-11-25-20(12-14)24-21(17-9-8-16(26)13-19(17)27-3)22(25)23-18-7-5-4-6-15(18)2/h4-13,23,26H,1-3H3. The third-order valence-electron chi connectivity index (χ3n) is 4.62. The van der Waals surface area contributed by atoms with Crippen LogP contribution in [0.2, 0.25) is 0 Å². The van der Waals surface area contributed by atoms with E-state index in [4.69, 9.17) is 9.72 Å². The van der Waals surface area contributed by atoms with Gasteiger partial charge in [0.05, 0.1) is 7.11 Å². The number of fused-ring (bicyclic) bond motifs is 1. The van der Waals surface area contributed by atoms with E-state index in [-0.39, 0.29) is 5.75 Å². The predicted molar refractivity (Wildman–Crippen MR) is 108 cm³/mol. The molecule has 5 nitrogen and oxygen atoms in total. The fourth-order valence-electron chi connectivity index (χ4n) is 3.17. The van der Waals surface area contributed by atoms with Gasteiger partial charge in [0.15, 0.2) is 0 Å². The highest BCUT2D eigenvalue weighted by Gasteiger charge is 2.18. The summed E-state index contributed by atoms with van der Waals surface area (Å²) in [6, 6.07) is 17.3. The molecule has 0 aliphatic rings. The Morgan fingerprint density at radius 1 is 1.04 bits per heavy atom. The maximum absolute atomic E-state index is 9.81. The summed E-state index contributed by atoms with van der Waals surface area (Å²) in [4.78, 5) is 4.85. The van der Waals surface area contributed by atoms with Crippen molar-refractivity contribution in [1.29, 1.82) is 0 Å². The van der Waals surface area contributed by atoms with Crippen LogP contribution in [0.3, 0.4) is 0 Å². The van der Waals surface area contributed by atoms with Crippen LogP contribution in [0.1, 0.15) is 11.1 Å². The second kappa shape index (κ2) is 6.68. The number of benzene rings is 2. The fourth-order valence-corrected chi connectivity index (χ4v) is 3.17. The van der Waals surface area contributed by atoms with Crippen molar-refractivity contribution in [2.75, 3.05) is 12.4 Å². The third kappa shape index (κ3) is 3.08. The number of hydrogen-bond acceptors (Lipinski definition) is 4. The molecule has 2 aromatic carbocycles. The van der Waals surface area contributed by atoms with Crippen LogP contribution in [0.15, 0.2) is 60.8 Å². The number of pyridine rings is 1. The highest BCUT2D eigenvalue weighted by Crippen LogP contribution is 2.38. The molecule has 5 heteroatoms. The average Bonchev–Trinajstić information content (AvgIpc) is 3.00. The molecule has 136 valence electrons. The monoisotopic (exact) mass is 359 g/mol. The molecule has 4 rings (SSSR count). The Hall–Kier alpha value is -3.47. The molecule has 27 heavy (non-hydrogen) atoms. The molecule has 0 radical (unpaired) electrons. The van der Waals surface area contributed by atoms with E-state index in [0.29, 0.717) is 5.75 Å². The van der Waals surface area contributed by atoms with Crippen LogP contribution in [0.25, 0.3) is 16.9 Å². The van der Waals surface area contributed by atoms with E-state index in [1.165, 1.54) is 0 Å². The Labute approximate surface area is 157 Å². The number of phenolic OH excluding ortho intramolecular Hbond substituents is 1. The molecule has 2 N–H and O–H groups in total. The fraction of sp³-hybridized carbons (Fsp3) is 0.136. The summed E-state index contributed by atoms with van der Waals surface area (Å²) in [6.45, 7) is 4.11. The van der Waals surface area contributed by atoms with Crippen molar-refractivity contribution in [2.45, 2.75) is 13.8 Å². The minimum absolute atomic E-state index is 0.156. The van der Waals surface area contributed by atoms with Gasteiger partial charge >= 0.3 is 0 Å². The number of anilines is 2. The number of para-hydroxylation sites is 1. The summed E-state index contributed by atoms with van der Waals surface area (Å²) >= 11 is 0. The summed E-state index contributed by atoms with van der Waals surface area (Å²) in [6.07, 6.45) is 2.01. The normalized spacial score (nSPS) is 10.9. The zero-order chi connectivity index (χ0) is 19.0. The van der Waals surface area contributed by atoms with Crippen LogP contribution in [0.4, 0.5) is 11.5 Å². The molecule has 0 spiro atoms. The molecule has 0 aliphatic heterocycles. The molecular weight excluding hydrogens is 338 g/mol. The summed E-state index contributed by atoms with van der Waals surface area (Å²) in [5.41, 5.74) is 5.71. The number of aromatic hydroxyl groups is 1. The third-order valence-corrected chi connectivity index (χ3v) is 4.62. The second-order valence-corrected chi connectivity index (χ2v) is 6.57. The van der Waals surface area contributed by atoms with E-state index in [1.54, 1.807) is 19.2 Å². The highest BCUT2D eigenvalue weighted by molar-refractivity contribution is 5.83. The van der Waals surface area contributed by atoms with Gasteiger partial charge in [0.25, 0.3) is 0 Å². The smallest absolute Gasteiger partial charge is 0.143 e. The molecule has 0 aliphatic carbocycles. The van der Waals surface area contributed by atoms with Gasteiger partial charge in [0.1, 0.15) is 28.7 Å². The van der Waals surface area contributed by atoms with Crippen LogP contribution in [0, 0.1) is 13.8 Å². The molecule has 2 heterocycles. The molecule has 0 unspecified atom stereocenters. The Bertz CT molecular complexity index is 1130. The van der Waals surface area contributed by atoms with Crippen molar-refractivity contribution in [3.63, 3.8) is 0 Å². The lowest BCUT2D eigenvalue weighted by molar-refractivity contribution is 0.409. The zero-order valence-electron chi connectivity index (χ0n) is 15.5. The molecule has 0 saturated heterocycles. The van der Waals surface area contributed by atoms with Crippen LogP contribution in [-0.4, -0.2) is 21.6 Å². The molecule has 4 aromatic rings. The van der Waals surface area contributed by atoms with E-state index in [0.717, 1.165) is 39.5 Å². The molecule has 0 atom stereocenters. The molecule has 0 amide bonds. The van der Waals surface area contributed by atoms with Crippen molar-refractivity contribution >= 4 is 17.2 Å². The lowest BCUT2D eigenvalue weighted by Gasteiger charge is -2.13. The Kier molecular flexibility index (Phi) is 4.20. The predicted octanol–water partition coefficient (Wildman–Crippen LogP) is 5.08. The van der Waals surface area contributed by atoms with Gasteiger partial charge in [0, 0.05) is 23.5 Å². The lowest BCUT2D eigenvalue weighted by Crippen LogP contribution is -1.99. The van der Waals surface area contributed by atoms with Gasteiger partial charge in [-0.1, -0.05) is 18.2 Å². The topological polar surface area (TPSA) is 58.8 Å². The number of hydrogen-bond donors (Lipinski definition) is 2. The number of aromatic nitrogens is 2. The van der Waals surface area contributed by atoms with Gasteiger partial charge < -0.3 is 15.2 Å². The summed E-state index contributed by atoms with van der Waals surface area (Å²) in [5, 5.41) is 13.3. The molecule has 0 fully saturated rings. The quantitative estimate of drug-likeness (QED) is 0.534. The summed E-state index contributed by atoms with van der Waals surface area (Å²) < 4.78 is 7.52. The van der Waals surface area contributed by atoms with Crippen molar-refractivity contribution in [2.24, 2.45) is 0 Å². The maximum atomic E-state index is 9.81. The van der Waals surface area contributed by atoms with E-state index in [1.807, 2.05) is 47.9 Å². The van der Waals surface area contributed by atoms with Crippen LogP contribution in [-0.2, 0) is 0 Å². The molecular formula is C22H21N3O2. The first-order chi connectivity index (χ1) is 13.1. The summed E-state index contributed by atoms with van der Waals surface area (Å²) in [7, 11) is 1.59. The van der Waals surface area contributed by atoms with Crippen molar-refractivity contribution in [1.82, 2.24) is 9.38 Å². The lowest BCUT2D eigenvalue weighted by atomic mass is 10.1. The van der Waals surface area contributed by atoms with Gasteiger partial charge in [-0.3, -0.25) is 4.40 Å². The van der Waals surface area contributed by atoms with Crippen molar-refractivity contribution in [3.8, 4) is 22.8 Å². The molecule has 2 aromatic heterocycles. The van der Waals surface area contributed by atoms with Gasteiger partial charge in [0.2, 0.25) is 0 Å². The Balaban J connectivity index is 1.96. The molecule has 0 bridgehead atoms. The second-order valence-electron chi connectivity index (χ2n) is 6.57. The van der Waals surface area contributed by atoms with E-state index in [2.05, 4.69) is 24.4 Å². The first kappa shape index (κ1) is 17.0. The van der Waals surface area contributed by atoms with Gasteiger partial charge in [-0.05, 0) is 55.3 Å². The van der Waals surface area contributed by atoms with Gasteiger partial charge in [-0.15, -0.1) is 0 Å². The van der Waals surface area contributed by atoms with Crippen LogP contribution in [0.5, 0.6) is 11.5 Å². The number of imidazole rings is 1. The SMILES string of the molecule is COc1cc(O)ccc1-c1nc2cc(C)ccn2c1Nc1ccccc1C. The Morgan fingerprint density at radius 3 is 2.63 bits per heavy atom. The van der Waals surface area contributed by atoms with Crippen molar-refractivity contribution in [3.05, 3.63) is 71.9 Å². The number of aryl methyl sites for hydroxylation is 2. The highest BCUT2D eigenvalue weighted by atomic mass is 16.5. The minimum Gasteiger partial charge on any atom is -0.508 e. The number of methoxy groups -OCH3 is 1. The van der Waals surface area contributed by atoms with Gasteiger partial charge in [-0.2, -0.15) is 0 Å². The number of nitrogens with one attached hydrogen (secondary N) is 1. The van der Waals surface area contributed by atoms with Crippen LogP contribution >= 0.6 is 0 Å². The molecule has 0 saturated carbocycles. The number of ether oxygens (including phenoxy) is 1. The first-order valence-corrected chi connectivity index (χ1v) is 8.75. The van der Waals surface area contributed by atoms with Gasteiger partial charge in [-0.25, -0.2) is 4.98 Å². The van der Waals surface area contributed by atoms with E-state index in [9.17, 15) is 5.11 Å². The zero-order valence-corrected chi connectivity index (χ0v) is 15.5. The van der Waals surface area contributed by atoms with Crippen molar-refractivity contribution < 1.29 is 9.84 Å². The minimum atomic E-state index is 0.156. The van der Waals surface area contributed by atoms with E-state index >= 15 is 0 Å². The number of rotatable bonds is 4. The first-order valence-electron chi connectivity index (χ1n) is 8.75. The largest absolute Gasteiger partial charge is 0.508 e. The summed E-state index contributed by atoms with van der Waals surface area (Å²) in [5.74, 6) is 1.58. The average molecular weight is 359 g/mol. The number of nitrogens with zero attached hydrogens (tertiary/aromatic N) is 2. The van der Waals surface area contributed by atoms with Crippen LogP contribution < -0.4 is 10.1 Å². The van der Waals surface area contributed by atoms with E-state index < -0.39 is 0 Å². The Morgan fingerprint density at radius 2 is 1.85 bits per heavy atom. The number of phenols is 1.